The number of methoxy groups -OCH3 is 1. The van der Waals surface area contributed by atoms with Gasteiger partial charge in [0.05, 0.1) is 19.0 Å². The predicted molar refractivity (Wildman–Crippen MR) is 86.5 cm³/mol. The molecule has 20 heavy (non-hydrogen) atoms. The molecule has 0 aliphatic heterocycles. The van der Waals surface area contributed by atoms with Crippen LogP contribution in [0, 0.1) is 13.8 Å². The second kappa shape index (κ2) is 6.34. The minimum absolute atomic E-state index is 0.531. The number of aromatic nitrogens is 1. The van der Waals surface area contributed by atoms with Gasteiger partial charge in [0.1, 0.15) is 0 Å². The van der Waals surface area contributed by atoms with Gasteiger partial charge in [-0.1, -0.05) is 17.7 Å². The number of aryl methyl sites for hydroxylation is 2. The number of ether oxygens (including phenoxy) is 1. The SMILES string of the molecule is COc1ccc(NC(=S)Nc2ccc(C)cc2C)cn1. The van der Waals surface area contributed by atoms with Crippen molar-refractivity contribution in [3.05, 3.63) is 47.7 Å². The highest BCUT2D eigenvalue weighted by atomic mass is 32.1. The zero-order valence-electron chi connectivity index (χ0n) is 11.7. The predicted octanol–water partition coefficient (Wildman–Crippen LogP) is 3.52. The fourth-order valence-corrected chi connectivity index (χ4v) is 2.04. The second-order valence-electron chi connectivity index (χ2n) is 4.49. The van der Waals surface area contributed by atoms with E-state index in [2.05, 4.69) is 28.6 Å². The minimum Gasteiger partial charge on any atom is -0.481 e. The van der Waals surface area contributed by atoms with Gasteiger partial charge in [-0.15, -0.1) is 0 Å². The first-order valence-corrected chi connectivity index (χ1v) is 6.64. The van der Waals surface area contributed by atoms with Crippen LogP contribution in [0.25, 0.3) is 0 Å². The van der Waals surface area contributed by atoms with E-state index in [0.717, 1.165) is 16.9 Å². The van der Waals surface area contributed by atoms with Crippen molar-refractivity contribution in [2.75, 3.05) is 17.7 Å². The monoisotopic (exact) mass is 287 g/mol. The van der Waals surface area contributed by atoms with Crippen LogP contribution >= 0.6 is 12.2 Å². The van der Waals surface area contributed by atoms with Crippen LogP contribution in [0.15, 0.2) is 36.5 Å². The summed E-state index contributed by atoms with van der Waals surface area (Å²) in [5.41, 5.74) is 4.19. The standard InChI is InChI=1S/C15H17N3OS/c1-10-4-6-13(11(2)8-10)18-15(20)17-12-5-7-14(19-3)16-9-12/h4-9H,1-3H3,(H2,17,18,20). The number of rotatable bonds is 3. The van der Waals surface area contributed by atoms with Crippen molar-refractivity contribution < 1.29 is 4.74 Å². The summed E-state index contributed by atoms with van der Waals surface area (Å²) in [6, 6.07) is 9.82. The molecule has 0 bridgehead atoms. The molecule has 0 aliphatic carbocycles. The van der Waals surface area contributed by atoms with E-state index in [0.29, 0.717) is 11.0 Å². The third-order valence-corrected chi connectivity index (χ3v) is 3.04. The maximum Gasteiger partial charge on any atom is 0.213 e. The average Bonchev–Trinajstić information content (AvgIpc) is 2.43. The van der Waals surface area contributed by atoms with Gasteiger partial charge in [-0.25, -0.2) is 4.98 Å². The molecule has 0 spiro atoms. The van der Waals surface area contributed by atoms with Crippen LogP contribution < -0.4 is 15.4 Å². The first-order valence-electron chi connectivity index (χ1n) is 6.24. The van der Waals surface area contributed by atoms with Crippen molar-refractivity contribution in [2.45, 2.75) is 13.8 Å². The number of pyridine rings is 1. The zero-order valence-corrected chi connectivity index (χ0v) is 12.5. The van der Waals surface area contributed by atoms with Crippen molar-refractivity contribution in [3.63, 3.8) is 0 Å². The highest BCUT2D eigenvalue weighted by molar-refractivity contribution is 7.80. The van der Waals surface area contributed by atoms with Gasteiger partial charge >= 0.3 is 0 Å². The lowest BCUT2D eigenvalue weighted by Crippen LogP contribution is -2.19. The summed E-state index contributed by atoms with van der Waals surface area (Å²) >= 11 is 5.29. The van der Waals surface area contributed by atoms with E-state index in [1.165, 1.54) is 5.56 Å². The molecule has 0 atom stereocenters. The van der Waals surface area contributed by atoms with Crippen molar-refractivity contribution in [1.29, 1.82) is 0 Å². The Labute approximate surface area is 124 Å². The number of hydrogen-bond acceptors (Lipinski definition) is 3. The Morgan fingerprint density at radius 3 is 2.55 bits per heavy atom. The third-order valence-electron chi connectivity index (χ3n) is 2.83. The first kappa shape index (κ1) is 14.3. The van der Waals surface area contributed by atoms with Gasteiger partial charge in [-0.2, -0.15) is 0 Å². The molecule has 5 heteroatoms. The maximum absolute atomic E-state index is 5.29. The average molecular weight is 287 g/mol. The van der Waals surface area contributed by atoms with Gasteiger partial charge in [0, 0.05) is 11.8 Å². The van der Waals surface area contributed by atoms with Crippen LogP contribution in [0.3, 0.4) is 0 Å². The van der Waals surface area contributed by atoms with Gasteiger partial charge in [0.15, 0.2) is 5.11 Å². The molecule has 4 nitrogen and oxygen atoms in total. The number of nitrogens with one attached hydrogen (secondary N) is 2. The van der Waals surface area contributed by atoms with Crippen LogP contribution in [0.1, 0.15) is 11.1 Å². The van der Waals surface area contributed by atoms with Gasteiger partial charge in [-0.05, 0) is 43.8 Å². The molecule has 1 aromatic heterocycles. The molecule has 2 aromatic rings. The van der Waals surface area contributed by atoms with E-state index in [1.807, 2.05) is 25.1 Å². The van der Waals surface area contributed by atoms with Crippen molar-refractivity contribution in [1.82, 2.24) is 4.98 Å². The van der Waals surface area contributed by atoms with Crippen LogP contribution in [-0.2, 0) is 0 Å². The first-order chi connectivity index (χ1) is 9.58. The van der Waals surface area contributed by atoms with Crippen LogP contribution in [0.5, 0.6) is 5.88 Å². The van der Waals surface area contributed by atoms with Crippen LogP contribution in [0.2, 0.25) is 0 Å². The lowest BCUT2D eigenvalue weighted by atomic mass is 10.1. The Balaban J connectivity index is 2.01. The Bertz CT molecular complexity index is 611. The lowest BCUT2D eigenvalue weighted by Gasteiger charge is -2.13. The molecule has 0 saturated carbocycles. The van der Waals surface area contributed by atoms with E-state index < -0.39 is 0 Å². The highest BCUT2D eigenvalue weighted by Crippen LogP contribution is 2.17. The Morgan fingerprint density at radius 2 is 1.95 bits per heavy atom. The number of benzene rings is 1. The van der Waals surface area contributed by atoms with E-state index in [4.69, 9.17) is 17.0 Å². The molecule has 0 unspecified atom stereocenters. The Morgan fingerprint density at radius 1 is 1.15 bits per heavy atom. The van der Waals surface area contributed by atoms with Gasteiger partial charge in [0.25, 0.3) is 0 Å². The van der Waals surface area contributed by atoms with Crippen molar-refractivity contribution >= 4 is 28.7 Å². The fraction of sp³-hybridized carbons (Fsp3) is 0.200. The molecule has 0 aliphatic rings. The molecular weight excluding hydrogens is 270 g/mol. The van der Waals surface area contributed by atoms with E-state index >= 15 is 0 Å². The molecule has 0 amide bonds. The van der Waals surface area contributed by atoms with Crippen LogP contribution in [0.4, 0.5) is 11.4 Å². The number of anilines is 2. The summed E-state index contributed by atoms with van der Waals surface area (Å²) < 4.78 is 5.01. The smallest absolute Gasteiger partial charge is 0.213 e. The second-order valence-corrected chi connectivity index (χ2v) is 4.89. The molecule has 2 rings (SSSR count). The quantitative estimate of drug-likeness (QED) is 0.846. The van der Waals surface area contributed by atoms with Gasteiger partial charge in [0.2, 0.25) is 5.88 Å². The lowest BCUT2D eigenvalue weighted by molar-refractivity contribution is 0.398. The number of hydrogen-bond donors (Lipinski definition) is 2. The van der Waals surface area contributed by atoms with Crippen LogP contribution in [-0.4, -0.2) is 17.2 Å². The normalized spacial score (nSPS) is 9.95. The Hall–Kier alpha value is -2.14. The molecular formula is C15H17N3OS. The topological polar surface area (TPSA) is 46.2 Å². The van der Waals surface area contributed by atoms with E-state index in [9.17, 15) is 0 Å². The summed E-state index contributed by atoms with van der Waals surface area (Å²) in [5, 5.41) is 6.79. The van der Waals surface area contributed by atoms with E-state index in [-0.39, 0.29) is 0 Å². The van der Waals surface area contributed by atoms with E-state index in [1.54, 1.807) is 19.4 Å². The summed E-state index contributed by atoms with van der Waals surface area (Å²) in [6.07, 6.45) is 1.68. The molecule has 0 radical (unpaired) electrons. The largest absolute Gasteiger partial charge is 0.481 e. The highest BCUT2D eigenvalue weighted by Gasteiger charge is 2.02. The fourth-order valence-electron chi connectivity index (χ4n) is 1.81. The van der Waals surface area contributed by atoms with Gasteiger partial charge in [-0.3, -0.25) is 0 Å². The summed E-state index contributed by atoms with van der Waals surface area (Å²) in [6.45, 7) is 4.11. The zero-order chi connectivity index (χ0) is 14.5. The maximum atomic E-state index is 5.29. The van der Waals surface area contributed by atoms with Crippen molar-refractivity contribution in [3.8, 4) is 5.88 Å². The summed E-state index contributed by atoms with van der Waals surface area (Å²) in [7, 11) is 1.59. The Kier molecular flexibility index (Phi) is 4.53. The summed E-state index contributed by atoms with van der Waals surface area (Å²) in [4.78, 5) is 4.11. The minimum atomic E-state index is 0.531. The molecule has 1 heterocycles. The number of thiocarbonyl (C=S) groups is 1. The number of nitrogens with zero attached hydrogens (tertiary/aromatic N) is 1. The molecule has 104 valence electrons. The molecule has 0 fully saturated rings. The third kappa shape index (κ3) is 3.68. The molecule has 2 N–H and O–H groups in total. The van der Waals surface area contributed by atoms with Gasteiger partial charge < -0.3 is 15.4 Å². The van der Waals surface area contributed by atoms with Crippen molar-refractivity contribution in [2.24, 2.45) is 0 Å². The summed E-state index contributed by atoms with van der Waals surface area (Å²) in [5.74, 6) is 0.573. The molecule has 0 saturated heterocycles. The molecule has 1 aromatic carbocycles.